The molecule has 0 saturated heterocycles. The van der Waals surface area contributed by atoms with Crippen molar-refractivity contribution in [3.05, 3.63) is 134 Å². The van der Waals surface area contributed by atoms with Crippen molar-refractivity contribution < 1.29 is 45.4 Å². The lowest BCUT2D eigenvalue weighted by Gasteiger charge is -2.15. The molecule has 0 spiro atoms. The molecule has 0 aliphatic carbocycles. The first kappa shape index (κ1) is 40.5. The van der Waals surface area contributed by atoms with Gasteiger partial charge < -0.3 is 25.4 Å². The van der Waals surface area contributed by atoms with E-state index in [-0.39, 0.29) is 37.8 Å². The Bertz CT molecular complexity index is 2070. The van der Waals surface area contributed by atoms with Gasteiger partial charge in [-0.1, -0.05) is 34.8 Å². The Morgan fingerprint density at radius 1 is 0.660 bits per heavy atom. The summed E-state index contributed by atoms with van der Waals surface area (Å²) in [5.41, 5.74) is 0.247. The molecule has 3 aromatic carbocycles. The van der Waals surface area contributed by atoms with E-state index in [2.05, 4.69) is 25.9 Å². The smallest absolute Gasteiger partial charge is 0.416 e. The maximum Gasteiger partial charge on any atom is 0.416 e. The van der Waals surface area contributed by atoms with Crippen molar-refractivity contribution in [1.29, 1.82) is 0 Å². The predicted molar refractivity (Wildman–Crippen MR) is 189 cm³/mol. The molecule has 278 valence electrons. The highest BCUT2D eigenvalue weighted by molar-refractivity contribution is 6.36. The molecular weight excluding hydrogens is 775 g/mol. The van der Waals surface area contributed by atoms with Gasteiger partial charge in [0.2, 0.25) is 0 Å². The van der Waals surface area contributed by atoms with E-state index in [0.717, 1.165) is 42.0 Å². The third kappa shape index (κ3) is 11.4. The van der Waals surface area contributed by atoms with Gasteiger partial charge in [0.15, 0.2) is 0 Å². The number of halogens is 9. The van der Waals surface area contributed by atoms with Gasteiger partial charge in [-0.05, 0) is 72.8 Å². The van der Waals surface area contributed by atoms with Crippen LogP contribution in [-0.2, 0) is 18.9 Å². The van der Waals surface area contributed by atoms with Gasteiger partial charge in [-0.3, -0.25) is 9.59 Å². The van der Waals surface area contributed by atoms with Crippen LogP contribution in [0, 0.1) is 0 Å². The van der Waals surface area contributed by atoms with Crippen LogP contribution < -0.4 is 25.4 Å². The van der Waals surface area contributed by atoms with Crippen molar-refractivity contribution in [1.82, 2.24) is 9.97 Å². The van der Waals surface area contributed by atoms with Crippen molar-refractivity contribution in [2.75, 3.05) is 30.2 Å². The molecule has 5 rings (SSSR count). The van der Waals surface area contributed by atoms with Crippen LogP contribution in [0.2, 0.25) is 15.3 Å². The van der Waals surface area contributed by atoms with Crippen molar-refractivity contribution in [2.45, 2.75) is 18.9 Å². The third-order valence-corrected chi connectivity index (χ3v) is 7.81. The number of rotatable bonds is 9. The molecular formula is C35H26Cl3F6N5O4. The Morgan fingerprint density at radius 2 is 1.15 bits per heavy atom. The second-order valence-electron chi connectivity index (χ2n) is 10.6. The molecule has 9 nitrogen and oxygen atoms in total. The van der Waals surface area contributed by atoms with Crippen molar-refractivity contribution >= 4 is 63.7 Å². The number of carbonyl (C=O) groups is 2. The van der Waals surface area contributed by atoms with Gasteiger partial charge in [-0.2, -0.15) is 26.3 Å². The van der Waals surface area contributed by atoms with E-state index >= 15 is 0 Å². The minimum absolute atomic E-state index is 0.0703. The van der Waals surface area contributed by atoms with E-state index in [9.17, 15) is 35.9 Å². The van der Waals surface area contributed by atoms with Crippen LogP contribution in [0.4, 0.5) is 43.4 Å². The molecule has 53 heavy (non-hydrogen) atoms. The first-order valence-electron chi connectivity index (χ1n) is 14.9. The van der Waals surface area contributed by atoms with Crippen LogP contribution in [0.25, 0.3) is 0 Å². The summed E-state index contributed by atoms with van der Waals surface area (Å²) < 4.78 is 86.0. The molecule has 0 aliphatic rings. The summed E-state index contributed by atoms with van der Waals surface area (Å²) in [6.45, 7) is 0.300. The van der Waals surface area contributed by atoms with E-state index in [1.54, 1.807) is 19.2 Å². The van der Waals surface area contributed by atoms with Crippen molar-refractivity contribution in [3.63, 3.8) is 0 Å². The first-order valence-corrected chi connectivity index (χ1v) is 16.0. The quantitative estimate of drug-likeness (QED) is 0.100. The summed E-state index contributed by atoms with van der Waals surface area (Å²) in [6, 6.07) is 16.3. The zero-order valence-corrected chi connectivity index (χ0v) is 29.6. The standard InChI is InChI=1S/C22H19ClF3N3O3.C13H7Cl2F3N2O/c1-31-16-8-3-13(19(9-16)32-2)11-27-18-10-20(23)28-12-17(18)21(30)29-15-6-4-14(5-7-15)22(24,25)26;14-10-5-11(15)19-6-9(10)12(21)20-8-3-1-7(2-4-8)13(16,17)18/h3-10,12H,11H2,1-2H3,(H,27,28)(H,29,30);1-6H,(H,20,21). The highest BCUT2D eigenvalue weighted by atomic mass is 35.5. The Balaban J connectivity index is 0.000000258. The number of pyridine rings is 2. The fourth-order valence-corrected chi connectivity index (χ4v) is 5.01. The van der Waals surface area contributed by atoms with E-state index < -0.39 is 35.3 Å². The van der Waals surface area contributed by atoms with Gasteiger partial charge in [0, 0.05) is 41.9 Å². The number of aromatic nitrogens is 2. The number of nitrogens with one attached hydrogen (secondary N) is 3. The molecule has 2 heterocycles. The number of methoxy groups -OCH3 is 2. The number of ether oxygens (including phenoxy) is 2. The molecule has 0 saturated carbocycles. The molecule has 3 N–H and O–H groups in total. The highest BCUT2D eigenvalue weighted by Crippen LogP contribution is 2.32. The largest absolute Gasteiger partial charge is 0.497 e. The number of nitrogens with zero attached hydrogens (tertiary/aromatic N) is 2. The van der Waals surface area contributed by atoms with Crippen LogP contribution in [0.1, 0.15) is 37.4 Å². The molecule has 0 fully saturated rings. The zero-order chi connectivity index (χ0) is 38.9. The molecule has 0 atom stereocenters. The molecule has 0 bridgehead atoms. The average molecular weight is 801 g/mol. The summed E-state index contributed by atoms with van der Waals surface area (Å²) in [5, 5.41) is 8.50. The monoisotopic (exact) mass is 799 g/mol. The summed E-state index contributed by atoms with van der Waals surface area (Å²) in [4.78, 5) is 32.3. The summed E-state index contributed by atoms with van der Waals surface area (Å²) in [6.07, 6.45) is -6.41. The van der Waals surface area contributed by atoms with E-state index in [4.69, 9.17) is 44.3 Å². The number of alkyl halides is 6. The number of benzene rings is 3. The SMILES string of the molecule is COc1ccc(CNc2cc(Cl)ncc2C(=O)Nc2ccc(C(F)(F)F)cc2)c(OC)c1.O=C(Nc1ccc(C(F)(F)F)cc1)c1cnc(Cl)cc1Cl. The fourth-order valence-electron chi connectivity index (χ4n) is 4.40. The molecule has 2 amide bonds. The van der Waals surface area contributed by atoms with Crippen LogP contribution in [0.3, 0.4) is 0 Å². The van der Waals surface area contributed by atoms with E-state index in [1.165, 1.54) is 43.8 Å². The van der Waals surface area contributed by atoms with Gasteiger partial charge in [-0.15, -0.1) is 0 Å². The lowest BCUT2D eigenvalue weighted by molar-refractivity contribution is -0.138. The summed E-state index contributed by atoms with van der Waals surface area (Å²) in [5.74, 6) is 0.0731. The van der Waals surface area contributed by atoms with Gasteiger partial charge >= 0.3 is 12.4 Å². The van der Waals surface area contributed by atoms with Gasteiger partial charge in [0.1, 0.15) is 21.8 Å². The Kier molecular flexibility index (Phi) is 13.4. The lowest BCUT2D eigenvalue weighted by atomic mass is 10.1. The molecule has 18 heteroatoms. The number of carbonyl (C=O) groups excluding carboxylic acids is 2. The van der Waals surface area contributed by atoms with Gasteiger partial charge in [0.25, 0.3) is 11.8 Å². The van der Waals surface area contributed by atoms with Crippen LogP contribution in [0.15, 0.2) is 91.3 Å². The van der Waals surface area contributed by atoms with Gasteiger partial charge in [0.05, 0.1) is 47.2 Å². The number of amides is 2. The second kappa shape index (κ2) is 17.5. The summed E-state index contributed by atoms with van der Waals surface area (Å²) in [7, 11) is 3.08. The van der Waals surface area contributed by atoms with E-state index in [1.807, 2.05) is 6.07 Å². The number of hydrogen-bond donors (Lipinski definition) is 3. The maximum absolute atomic E-state index is 12.7. The molecule has 5 aromatic rings. The molecule has 0 unspecified atom stereocenters. The maximum atomic E-state index is 12.7. The van der Waals surface area contributed by atoms with Crippen LogP contribution in [-0.4, -0.2) is 36.0 Å². The van der Waals surface area contributed by atoms with Crippen molar-refractivity contribution in [2.24, 2.45) is 0 Å². The normalized spacial score (nSPS) is 11.2. The fraction of sp³-hybridized carbons (Fsp3) is 0.143. The predicted octanol–water partition coefficient (Wildman–Crippen LogP) is 10.3. The van der Waals surface area contributed by atoms with Gasteiger partial charge in [-0.25, -0.2) is 9.97 Å². The lowest BCUT2D eigenvalue weighted by Crippen LogP contribution is -2.16. The topological polar surface area (TPSA) is 114 Å². The average Bonchev–Trinajstić information content (AvgIpc) is 3.10. The first-order chi connectivity index (χ1) is 25.0. The third-order valence-electron chi connectivity index (χ3n) is 7.08. The zero-order valence-electron chi connectivity index (χ0n) is 27.3. The Labute approximate surface area is 313 Å². The summed E-state index contributed by atoms with van der Waals surface area (Å²) >= 11 is 17.4. The Hall–Kier alpha value is -5.25. The minimum Gasteiger partial charge on any atom is -0.497 e. The number of anilines is 3. The van der Waals surface area contributed by atoms with E-state index in [0.29, 0.717) is 23.7 Å². The Morgan fingerprint density at radius 3 is 1.62 bits per heavy atom. The highest BCUT2D eigenvalue weighted by Gasteiger charge is 2.31. The van der Waals surface area contributed by atoms with Crippen LogP contribution >= 0.6 is 34.8 Å². The molecule has 0 radical (unpaired) electrons. The molecule has 2 aromatic heterocycles. The molecule has 0 aliphatic heterocycles. The minimum atomic E-state index is -4.46. The van der Waals surface area contributed by atoms with Crippen LogP contribution in [0.5, 0.6) is 11.5 Å². The second-order valence-corrected chi connectivity index (χ2v) is 11.8. The van der Waals surface area contributed by atoms with Crippen molar-refractivity contribution in [3.8, 4) is 11.5 Å². The number of hydrogen-bond acceptors (Lipinski definition) is 7.